The van der Waals surface area contributed by atoms with Gasteiger partial charge in [-0.25, -0.2) is 14.3 Å². The lowest BCUT2D eigenvalue weighted by Gasteiger charge is -2.02. The summed E-state index contributed by atoms with van der Waals surface area (Å²) in [6.45, 7) is 1.88. The average Bonchev–Trinajstić information content (AvgIpc) is 2.52. The summed E-state index contributed by atoms with van der Waals surface area (Å²) in [4.78, 5) is 15.7. The second-order valence-electron chi connectivity index (χ2n) is 3.08. The number of methoxy groups -OCH3 is 1. The highest BCUT2D eigenvalue weighted by Gasteiger charge is 2.17. The van der Waals surface area contributed by atoms with E-state index in [2.05, 4.69) is 27.6 Å². The number of aromatic nitrogens is 2. The van der Waals surface area contributed by atoms with E-state index in [9.17, 15) is 4.79 Å². The van der Waals surface area contributed by atoms with Crippen LogP contribution in [-0.2, 0) is 4.74 Å². The summed E-state index contributed by atoms with van der Waals surface area (Å²) in [7, 11) is 1.36. The van der Waals surface area contributed by atoms with Crippen LogP contribution in [0.1, 0.15) is 5.69 Å². The Labute approximate surface area is 100 Å². The second-order valence-corrected chi connectivity index (χ2v) is 4.16. The summed E-state index contributed by atoms with van der Waals surface area (Å²) in [5.74, 6) is 0. The maximum Gasteiger partial charge on any atom is 0.419 e. The monoisotopic (exact) mass is 316 g/mol. The van der Waals surface area contributed by atoms with Crippen LogP contribution in [0, 0.1) is 10.5 Å². The third-order valence-corrected chi connectivity index (χ3v) is 3.61. The van der Waals surface area contributed by atoms with E-state index in [4.69, 9.17) is 4.74 Å². The molecule has 4 nitrogen and oxygen atoms in total. The fourth-order valence-corrected chi connectivity index (χ4v) is 2.18. The highest BCUT2D eigenvalue weighted by atomic mass is 127. The zero-order valence-electron chi connectivity index (χ0n) is 8.32. The van der Waals surface area contributed by atoms with Gasteiger partial charge in [0.05, 0.1) is 7.11 Å². The van der Waals surface area contributed by atoms with Gasteiger partial charge in [0.15, 0.2) is 5.65 Å². The van der Waals surface area contributed by atoms with Crippen molar-refractivity contribution in [3.8, 4) is 0 Å². The van der Waals surface area contributed by atoms with Gasteiger partial charge in [-0.1, -0.05) is 0 Å². The van der Waals surface area contributed by atoms with Crippen LogP contribution in [0.4, 0.5) is 4.79 Å². The smallest absolute Gasteiger partial charge is 0.419 e. The number of halogens is 1. The molecule has 15 heavy (non-hydrogen) atoms. The second kappa shape index (κ2) is 3.80. The van der Waals surface area contributed by atoms with Crippen LogP contribution < -0.4 is 0 Å². The summed E-state index contributed by atoms with van der Waals surface area (Å²) in [5.41, 5.74) is 1.50. The van der Waals surface area contributed by atoms with E-state index in [1.807, 2.05) is 19.1 Å². The van der Waals surface area contributed by atoms with Crippen LogP contribution in [0.25, 0.3) is 11.0 Å². The Balaban J connectivity index is 2.83. The standard InChI is InChI=1S/C10H9IN2O2/c1-6-8(11)7-4-3-5-12-9(7)13(6)10(14)15-2/h3-5H,1-2H3. The molecule has 2 aromatic rings. The lowest BCUT2D eigenvalue weighted by atomic mass is 10.3. The average molecular weight is 316 g/mol. The van der Waals surface area contributed by atoms with Crippen molar-refractivity contribution in [2.24, 2.45) is 0 Å². The van der Waals surface area contributed by atoms with E-state index in [-0.39, 0.29) is 0 Å². The van der Waals surface area contributed by atoms with Crippen molar-refractivity contribution >= 4 is 39.7 Å². The molecule has 0 bridgehead atoms. The molecular weight excluding hydrogens is 307 g/mol. The number of carbonyl (C=O) groups excluding carboxylic acids is 1. The van der Waals surface area contributed by atoms with Gasteiger partial charge in [0, 0.05) is 20.8 Å². The Morgan fingerprint density at radius 1 is 1.60 bits per heavy atom. The molecule has 0 unspecified atom stereocenters. The molecule has 2 aromatic heterocycles. The number of nitrogens with zero attached hydrogens (tertiary/aromatic N) is 2. The van der Waals surface area contributed by atoms with E-state index in [0.717, 1.165) is 14.7 Å². The van der Waals surface area contributed by atoms with Gasteiger partial charge >= 0.3 is 6.09 Å². The van der Waals surface area contributed by atoms with Crippen LogP contribution in [0.5, 0.6) is 0 Å². The molecule has 2 rings (SSSR count). The third kappa shape index (κ3) is 1.50. The largest absolute Gasteiger partial charge is 0.452 e. The zero-order valence-corrected chi connectivity index (χ0v) is 10.5. The first-order valence-corrected chi connectivity index (χ1v) is 5.44. The highest BCUT2D eigenvalue weighted by Crippen LogP contribution is 2.25. The first-order valence-electron chi connectivity index (χ1n) is 4.36. The normalized spacial score (nSPS) is 10.6. The van der Waals surface area contributed by atoms with E-state index in [1.54, 1.807) is 6.20 Å². The summed E-state index contributed by atoms with van der Waals surface area (Å²) in [5, 5.41) is 0.973. The minimum absolute atomic E-state index is 0.404. The molecule has 0 aromatic carbocycles. The van der Waals surface area contributed by atoms with Crippen molar-refractivity contribution in [1.82, 2.24) is 9.55 Å². The van der Waals surface area contributed by atoms with Crippen molar-refractivity contribution in [2.45, 2.75) is 6.92 Å². The Kier molecular flexibility index (Phi) is 2.64. The van der Waals surface area contributed by atoms with Gasteiger partial charge in [0.25, 0.3) is 0 Å². The van der Waals surface area contributed by atoms with Crippen LogP contribution in [0.3, 0.4) is 0 Å². The molecule has 0 atom stereocenters. The highest BCUT2D eigenvalue weighted by molar-refractivity contribution is 14.1. The number of fused-ring (bicyclic) bond motifs is 1. The molecule has 0 amide bonds. The quantitative estimate of drug-likeness (QED) is 0.702. The SMILES string of the molecule is COC(=O)n1c(C)c(I)c2cccnc21. The number of rotatable bonds is 0. The van der Waals surface area contributed by atoms with Gasteiger partial charge in [0.2, 0.25) is 0 Å². The third-order valence-electron chi connectivity index (χ3n) is 2.25. The minimum Gasteiger partial charge on any atom is -0.452 e. The Hall–Kier alpha value is -1.11. The molecule has 2 heterocycles. The summed E-state index contributed by atoms with van der Waals surface area (Å²) in [6, 6.07) is 3.79. The van der Waals surface area contributed by atoms with Crippen LogP contribution >= 0.6 is 22.6 Å². The Bertz CT molecular complexity index is 533. The minimum atomic E-state index is -0.404. The van der Waals surface area contributed by atoms with Crippen molar-refractivity contribution in [3.63, 3.8) is 0 Å². The molecule has 0 aliphatic heterocycles. The molecule has 78 valence electrons. The summed E-state index contributed by atoms with van der Waals surface area (Å²) >= 11 is 2.20. The van der Waals surface area contributed by atoms with Gasteiger partial charge in [-0.3, -0.25) is 0 Å². The van der Waals surface area contributed by atoms with E-state index >= 15 is 0 Å². The lowest BCUT2D eigenvalue weighted by Crippen LogP contribution is -2.13. The molecule has 0 spiro atoms. The molecule has 0 saturated carbocycles. The molecule has 0 fully saturated rings. The predicted molar refractivity (Wildman–Crippen MR) is 65.0 cm³/mol. The fourth-order valence-electron chi connectivity index (χ4n) is 1.51. The summed E-state index contributed by atoms with van der Waals surface area (Å²) in [6.07, 6.45) is 1.26. The first-order chi connectivity index (χ1) is 7.16. The van der Waals surface area contributed by atoms with Gasteiger partial charge in [-0.05, 0) is 41.6 Å². The maximum atomic E-state index is 11.6. The van der Waals surface area contributed by atoms with E-state index in [1.165, 1.54) is 11.7 Å². The van der Waals surface area contributed by atoms with Crippen molar-refractivity contribution < 1.29 is 9.53 Å². The van der Waals surface area contributed by atoms with Crippen molar-refractivity contribution in [2.75, 3.05) is 7.11 Å². The van der Waals surface area contributed by atoms with Crippen LogP contribution in [0.2, 0.25) is 0 Å². The topological polar surface area (TPSA) is 44.1 Å². The lowest BCUT2D eigenvalue weighted by molar-refractivity contribution is 0.173. The Morgan fingerprint density at radius 3 is 3.00 bits per heavy atom. The molecular formula is C10H9IN2O2. The first kappa shape index (κ1) is 10.4. The Morgan fingerprint density at radius 2 is 2.33 bits per heavy atom. The van der Waals surface area contributed by atoms with Gasteiger partial charge in [0.1, 0.15) is 0 Å². The van der Waals surface area contributed by atoms with Crippen LogP contribution in [0.15, 0.2) is 18.3 Å². The number of hydrogen-bond acceptors (Lipinski definition) is 3. The van der Waals surface area contributed by atoms with Gasteiger partial charge in [-0.2, -0.15) is 0 Å². The van der Waals surface area contributed by atoms with E-state index in [0.29, 0.717) is 5.65 Å². The molecule has 0 N–H and O–H groups in total. The number of hydrogen-bond donors (Lipinski definition) is 0. The van der Waals surface area contributed by atoms with Gasteiger partial charge in [-0.15, -0.1) is 0 Å². The molecule has 5 heteroatoms. The van der Waals surface area contributed by atoms with Gasteiger partial charge < -0.3 is 4.74 Å². The maximum absolute atomic E-state index is 11.6. The molecule has 0 aliphatic rings. The van der Waals surface area contributed by atoms with Crippen molar-refractivity contribution in [1.29, 1.82) is 0 Å². The summed E-state index contributed by atoms with van der Waals surface area (Å²) < 4.78 is 7.23. The molecule has 0 radical (unpaired) electrons. The fraction of sp³-hybridized carbons (Fsp3) is 0.200. The van der Waals surface area contributed by atoms with Crippen LogP contribution in [-0.4, -0.2) is 22.8 Å². The number of carbonyl (C=O) groups is 1. The predicted octanol–water partition coefficient (Wildman–Crippen LogP) is 2.56. The zero-order chi connectivity index (χ0) is 11.0. The molecule has 0 aliphatic carbocycles. The van der Waals surface area contributed by atoms with E-state index < -0.39 is 6.09 Å². The molecule has 0 saturated heterocycles. The number of pyridine rings is 1. The van der Waals surface area contributed by atoms with Crippen molar-refractivity contribution in [3.05, 3.63) is 27.6 Å². The number of ether oxygens (including phenoxy) is 1.